The van der Waals surface area contributed by atoms with Crippen LogP contribution in [0.25, 0.3) is 0 Å². The van der Waals surface area contributed by atoms with Crippen LogP contribution in [-0.4, -0.2) is 24.8 Å². The first-order valence-electron chi connectivity index (χ1n) is 5.73. The highest BCUT2D eigenvalue weighted by atomic mass is 16.5. The molecule has 0 aromatic heterocycles. The summed E-state index contributed by atoms with van der Waals surface area (Å²) in [6.07, 6.45) is 5.10. The fourth-order valence-electron chi connectivity index (χ4n) is 1.66. The van der Waals surface area contributed by atoms with Gasteiger partial charge in [-0.05, 0) is 25.7 Å². The van der Waals surface area contributed by atoms with Gasteiger partial charge in [-0.2, -0.15) is 0 Å². The maximum Gasteiger partial charge on any atom is 0.0768 e. The molecule has 0 saturated heterocycles. The average Bonchev–Trinajstić information content (AvgIpc) is 2.10. The lowest BCUT2D eigenvalue weighted by Crippen LogP contribution is -3.03. The highest BCUT2D eigenvalue weighted by Crippen LogP contribution is 2.16. The molecule has 86 valence electrons. The van der Waals surface area contributed by atoms with Crippen LogP contribution in [-0.2, 0) is 0 Å². The molecule has 3 unspecified atom stereocenters. The van der Waals surface area contributed by atoms with Crippen LogP contribution in [0, 0.1) is 11.1 Å². The highest BCUT2D eigenvalue weighted by Gasteiger charge is 2.07. The molecule has 0 aliphatic heterocycles. The van der Waals surface area contributed by atoms with Crippen molar-refractivity contribution in [3.63, 3.8) is 0 Å². The predicted molar refractivity (Wildman–Crippen MR) is 59.1 cm³/mol. The van der Waals surface area contributed by atoms with Gasteiger partial charge in [0.2, 0.25) is 0 Å². The van der Waals surface area contributed by atoms with Crippen LogP contribution in [0.2, 0.25) is 0 Å². The second-order valence-corrected chi connectivity index (χ2v) is 4.29. The molecule has 0 rings (SSSR count). The normalized spacial score (nSPS) is 17.8. The van der Waals surface area contributed by atoms with E-state index in [9.17, 15) is 5.21 Å². The molecule has 0 radical (unpaired) electrons. The van der Waals surface area contributed by atoms with Gasteiger partial charge < -0.3 is 15.4 Å². The molecule has 2 N–H and O–H groups in total. The average molecular weight is 203 g/mol. The van der Waals surface area contributed by atoms with Crippen molar-refractivity contribution in [1.29, 1.82) is 0 Å². The zero-order valence-electron chi connectivity index (χ0n) is 9.75. The monoisotopic (exact) mass is 203 g/mol. The van der Waals surface area contributed by atoms with Gasteiger partial charge in [0.1, 0.15) is 0 Å². The van der Waals surface area contributed by atoms with Crippen LogP contribution >= 0.6 is 0 Å². The lowest BCUT2D eigenvalue weighted by atomic mass is 9.95. The van der Waals surface area contributed by atoms with Crippen LogP contribution in [0.15, 0.2) is 0 Å². The topological polar surface area (TPSA) is 47.7 Å². The van der Waals surface area contributed by atoms with E-state index >= 15 is 0 Å². The Kier molecular flexibility index (Phi) is 8.14. The van der Waals surface area contributed by atoms with E-state index < -0.39 is 0 Å². The first-order chi connectivity index (χ1) is 6.56. The third-order valence-electron chi connectivity index (χ3n) is 2.72. The maximum absolute atomic E-state index is 10.8. The number of quaternary nitrogens is 1. The Morgan fingerprint density at radius 2 is 1.93 bits per heavy atom. The number of aliphatic hydroxyl groups is 1. The van der Waals surface area contributed by atoms with Crippen LogP contribution < -0.4 is 5.06 Å². The standard InChI is InChI=1S/C11H25NO2/c1-4-11(8-9-12(3)14)7-5-6-10(2)13/h10-13H,4-9H2,1-3H3. The van der Waals surface area contributed by atoms with E-state index in [1.807, 2.05) is 6.92 Å². The summed E-state index contributed by atoms with van der Waals surface area (Å²) in [4.78, 5) is 0. The molecule has 0 heterocycles. The molecule has 0 aliphatic carbocycles. The third-order valence-corrected chi connectivity index (χ3v) is 2.72. The maximum atomic E-state index is 10.8. The van der Waals surface area contributed by atoms with Crippen LogP contribution in [0.4, 0.5) is 0 Å². The van der Waals surface area contributed by atoms with E-state index in [0.29, 0.717) is 17.5 Å². The number of nitrogens with one attached hydrogen (secondary N) is 1. The van der Waals surface area contributed by atoms with Crippen molar-refractivity contribution < 1.29 is 10.2 Å². The fourth-order valence-corrected chi connectivity index (χ4v) is 1.66. The second-order valence-electron chi connectivity index (χ2n) is 4.29. The molecule has 0 fully saturated rings. The molecule has 3 heteroatoms. The highest BCUT2D eigenvalue weighted by molar-refractivity contribution is 4.58. The van der Waals surface area contributed by atoms with Gasteiger partial charge in [-0.15, -0.1) is 0 Å². The summed E-state index contributed by atoms with van der Waals surface area (Å²) in [6.45, 7) is 4.72. The van der Waals surface area contributed by atoms with Gasteiger partial charge >= 0.3 is 0 Å². The summed E-state index contributed by atoms with van der Waals surface area (Å²) in [7, 11) is 1.66. The summed E-state index contributed by atoms with van der Waals surface area (Å²) in [5.41, 5.74) is 0. The molecule has 0 bridgehead atoms. The molecule has 3 nitrogen and oxygen atoms in total. The number of hydrogen-bond donors (Lipinski definition) is 2. The van der Waals surface area contributed by atoms with Crippen molar-refractivity contribution >= 4 is 0 Å². The molecule has 0 amide bonds. The summed E-state index contributed by atoms with van der Waals surface area (Å²) in [5, 5.41) is 20.2. The molecular formula is C11H25NO2. The van der Waals surface area contributed by atoms with Crippen molar-refractivity contribution in [3.8, 4) is 0 Å². The molecular weight excluding hydrogens is 178 g/mol. The Labute approximate surface area is 87.7 Å². The fraction of sp³-hybridized carbons (Fsp3) is 1.00. The van der Waals surface area contributed by atoms with Crippen molar-refractivity contribution in [2.75, 3.05) is 13.6 Å². The minimum absolute atomic E-state index is 0.180. The number of aliphatic hydroxyl groups excluding tert-OH is 1. The van der Waals surface area contributed by atoms with Crippen LogP contribution in [0.5, 0.6) is 0 Å². The van der Waals surface area contributed by atoms with E-state index in [1.54, 1.807) is 7.05 Å². The van der Waals surface area contributed by atoms with Gasteiger partial charge in [-0.25, -0.2) is 0 Å². The Morgan fingerprint density at radius 3 is 2.36 bits per heavy atom. The van der Waals surface area contributed by atoms with Gasteiger partial charge in [0, 0.05) is 0 Å². The van der Waals surface area contributed by atoms with E-state index in [2.05, 4.69) is 6.92 Å². The lowest BCUT2D eigenvalue weighted by Gasteiger charge is -2.20. The van der Waals surface area contributed by atoms with Crippen LogP contribution in [0.1, 0.15) is 46.0 Å². The SMILES string of the molecule is CCC(CCCC(C)O)CC[NH+](C)[O-]. The summed E-state index contributed by atoms with van der Waals surface area (Å²) in [5.74, 6) is 0.664. The quantitative estimate of drug-likeness (QED) is 0.577. The molecule has 0 aromatic rings. The second kappa shape index (κ2) is 8.21. The van der Waals surface area contributed by atoms with E-state index in [-0.39, 0.29) is 6.10 Å². The smallest absolute Gasteiger partial charge is 0.0768 e. The Bertz CT molecular complexity index is 126. The van der Waals surface area contributed by atoms with Crippen LogP contribution in [0.3, 0.4) is 0 Å². The Balaban J connectivity index is 3.48. The molecule has 14 heavy (non-hydrogen) atoms. The zero-order chi connectivity index (χ0) is 11.0. The third kappa shape index (κ3) is 8.48. The van der Waals surface area contributed by atoms with Gasteiger partial charge in [-0.3, -0.25) is 0 Å². The van der Waals surface area contributed by atoms with Gasteiger partial charge in [0.15, 0.2) is 0 Å². The van der Waals surface area contributed by atoms with Crippen molar-refractivity contribution in [2.45, 2.75) is 52.1 Å². The summed E-state index contributed by atoms with van der Waals surface area (Å²) in [6, 6.07) is 0. The Hall–Kier alpha value is -0.120. The molecule has 0 aromatic carbocycles. The van der Waals surface area contributed by atoms with E-state index in [1.165, 1.54) is 0 Å². The first kappa shape index (κ1) is 13.9. The molecule has 0 saturated carbocycles. The number of hydroxylamine groups is 2. The van der Waals surface area contributed by atoms with Gasteiger partial charge in [-0.1, -0.05) is 26.2 Å². The predicted octanol–water partition coefficient (Wildman–Crippen LogP) is 0.966. The minimum atomic E-state index is -0.180. The summed E-state index contributed by atoms with van der Waals surface area (Å²) >= 11 is 0. The zero-order valence-corrected chi connectivity index (χ0v) is 9.75. The minimum Gasteiger partial charge on any atom is -0.634 e. The molecule has 0 aliphatic rings. The Morgan fingerprint density at radius 1 is 1.29 bits per heavy atom. The largest absolute Gasteiger partial charge is 0.634 e. The van der Waals surface area contributed by atoms with Crippen molar-refractivity contribution in [3.05, 3.63) is 5.21 Å². The number of hydrogen-bond acceptors (Lipinski definition) is 2. The van der Waals surface area contributed by atoms with Gasteiger partial charge in [0.05, 0.1) is 19.7 Å². The van der Waals surface area contributed by atoms with E-state index in [4.69, 9.17) is 5.11 Å². The van der Waals surface area contributed by atoms with Crippen molar-refractivity contribution in [2.24, 2.45) is 5.92 Å². The summed E-state index contributed by atoms with van der Waals surface area (Å²) < 4.78 is 0. The van der Waals surface area contributed by atoms with E-state index in [0.717, 1.165) is 32.1 Å². The number of rotatable bonds is 8. The molecule has 0 spiro atoms. The van der Waals surface area contributed by atoms with Crippen molar-refractivity contribution in [1.82, 2.24) is 0 Å². The first-order valence-corrected chi connectivity index (χ1v) is 5.73. The molecule has 3 atom stereocenters. The lowest BCUT2D eigenvalue weighted by molar-refractivity contribution is -0.826. The van der Waals surface area contributed by atoms with Gasteiger partial charge in [0.25, 0.3) is 0 Å².